The molecule has 0 fully saturated rings. The first-order chi connectivity index (χ1) is 11.8. The maximum absolute atomic E-state index is 13.3. The van der Waals surface area contributed by atoms with Crippen molar-refractivity contribution in [1.82, 2.24) is 4.90 Å². The third-order valence-corrected chi connectivity index (χ3v) is 5.50. The summed E-state index contributed by atoms with van der Waals surface area (Å²) >= 11 is 7.01. The predicted octanol–water partition coefficient (Wildman–Crippen LogP) is 3.89. The molecule has 0 saturated heterocycles. The van der Waals surface area contributed by atoms with Gasteiger partial charge in [-0.1, -0.05) is 11.6 Å². The Bertz CT molecular complexity index is 855. The smallest absolute Gasteiger partial charge is 0.307 e. The highest BCUT2D eigenvalue weighted by molar-refractivity contribution is 7.12. The molecule has 8 heteroatoms. The number of hydrogen-bond donors (Lipinski definition) is 1. The Hall–Kier alpha value is -2.12. The molecule has 0 saturated carbocycles. The van der Waals surface area contributed by atoms with Gasteiger partial charge in [0.05, 0.1) is 29.5 Å². The molecule has 2 aliphatic rings. The first-order valence-corrected chi connectivity index (χ1v) is 8.68. The largest absolute Gasteiger partial charge is 0.496 e. The molecule has 25 heavy (non-hydrogen) atoms. The Morgan fingerprint density at radius 1 is 1.48 bits per heavy atom. The van der Waals surface area contributed by atoms with E-state index >= 15 is 0 Å². The normalized spacial score (nSPS) is 19.9. The molecule has 132 valence electrons. The number of methoxy groups -OCH3 is 1. The number of allylic oxidation sites excluding steroid dienone is 2. The predicted molar refractivity (Wildman–Crippen MR) is 91.8 cm³/mol. The third kappa shape index (κ3) is 3.09. The number of thiophene rings is 1. The van der Waals surface area contributed by atoms with Gasteiger partial charge in [-0.2, -0.15) is 4.39 Å². The van der Waals surface area contributed by atoms with Crippen molar-refractivity contribution in [2.75, 3.05) is 7.11 Å². The molecule has 1 aromatic heterocycles. The third-order valence-electron chi connectivity index (χ3n) is 4.29. The highest BCUT2D eigenvalue weighted by atomic mass is 35.5. The lowest BCUT2D eigenvalue weighted by Gasteiger charge is -2.29. The van der Waals surface area contributed by atoms with Gasteiger partial charge >= 0.3 is 5.97 Å². The van der Waals surface area contributed by atoms with Crippen LogP contribution in [0, 0.1) is 5.13 Å². The van der Waals surface area contributed by atoms with Gasteiger partial charge in [0, 0.05) is 12.1 Å². The molecule has 1 atom stereocenters. The number of ether oxygens (including phenoxy) is 1. The van der Waals surface area contributed by atoms with E-state index in [1.54, 1.807) is 13.0 Å². The van der Waals surface area contributed by atoms with E-state index in [4.69, 9.17) is 16.3 Å². The van der Waals surface area contributed by atoms with Gasteiger partial charge in [-0.3, -0.25) is 9.59 Å². The molecule has 0 bridgehead atoms. The summed E-state index contributed by atoms with van der Waals surface area (Å²) in [5, 5.41) is 9.22. The van der Waals surface area contributed by atoms with E-state index in [9.17, 15) is 19.1 Å². The molecule has 1 N–H and O–H groups in total. The van der Waals surface area contributed by atoms with E-state index < -0.39 is 17.1 Å². The highest BCUT2D eigenvalue weighted by Gasteiger charge is 2.41. The first-order valence-electron chi connectivity index (χ1n) is 7.48. The Morgan fingerprint density at radius 3 is 2.76 bits per heavy atom. The van der Waals surface area contributed by atoms with Gasteiger partial charge in [-0.15, -0.1) is 11.3 Å². The van der Waals surface area contributed by atoms with E-state index in [0.29, 0.717) is 34.1 Å². The molecule has 0 aromatic carbocycles. The minimum atomic E-state index is -0.995. The summed E-state index contributed by atoms with van der Waals surface area (Å²) in [6.07, 6.45) is 1.78. The minimum absolute atomic E-state index is 0.217. The number of carboxylic acids is 1. The van der Waals surface area contributed by atoms with Crippen LogP contribution in [-0.4, -0.2) is 35.0 Å². The van der Waals surface area contributed by atoms with Crippen molar-refractivity contribution in [2.45, 2.75) is 25.8 Å². The molecule has 5 nitrogen and oxygen atoms in total. The van der Waals surface area contributed by atoms with Gasteiger partial charge in [0.2, 0.25) is 0 Å². The second-order valence-corrected chi connectivity index (χ2v) is 7.20. The Kier molecular flexibility index (Phi) is 4.71. The van der Waals surface area contributed by atoms with Crippen molar-refractivity contribution in [3.8, 4) is 0 Å². The molecule has 0 radical (unpaired) electrons. The van der Waals surface area contributed by atoms with Crippen LogP contribution in [0.25, 0.3) is 0 Å². The molecular weight excluding hydrogens is 369 g/mol. The van der Waals surface area contributed by atoms with Crippen molar-refractivity contribution >= 4 is 34.8 Å². The highest BCUT2D eigenvalue weighted by Crippen LogP contribution is 2.44. The number of carboxylic acid groups (broad SMARTS) is 1. The molecule has 3 rings (SSSR count). The summed E-state index contributed by atoms with van der Waals surface area (Å²) in [5.74, 6) is -0.904. The monoisotopic (exact) mass is 383 g/mol. The second-order valence-electron chi connectivity index (χ2n) is 5.71. The zero-order valence-corrected chi connectivity index (χ0v) is 15.1. The van der Waals surface area contributed by atoms with Crippen LogP contribution < -0.4 is 0 Å². The molecule has 2 heterocycles. The second kappa shape index (κ2) is 6.65. The summed E-state index contributed by atoms with van der Waals surface area (Å²) in [5.41, 5.74) is 1.80. The number of amides is 1. The minimum Gasteiger partial charge on any atom is -0.496 e. The number of halogens is 2. The zero-order valence-electron chi connectivity index (χ0n) is 13.5. The molecule has 1 unspecified atom stereocenters. The molecule has 1 aliphatic carbocycles. The van der Waals surface area contributed by atoms with E-state index in [1.807, 2.05) is 0 Å². The Labute approximate surface area is 152 Å². The summed E-state index contributed by atoms with van der Waals surface area (Å²) < 4.78 is 18.5. The first kappa shape index (κ1) is 17.7. The SMILES string of the molecule is COC1=C(Cl)CC2C(=C1)C(CC(=O)O)=C(C)N2C(=O)c1ccc(F)s1. The van der Waals surface area contributed by atoms with E-state index in [-0.39, 0.29) is 17.2 Å². The fraction of sp³-hybridized carbons (Fsp3) is 0.294. The lowest BCUT2D eigenvalue weighted by atomic mass is 9.92. The number of nitrogens with zero attached hydrogens (tertiary/aromatic N) is 1. The van der Waals surface area contributed by atoms with E-state index in [0.717, 1.165) is 11.3 Å². The van der Waals surface area contributed by atoms with E-state index in [2.05, 4.69) is 0 Å². The van der Waals surface area contributed by atoms with Gasteiger partial charge in [0.1, 0.15) is 5.76 Å². The summed E-state index contributed by atoms with van der Waals surface area (Å²) in [6, 6.07) is 2.24. The van der Waals surface area contributed by atoms with Gasteiger partial charge in [0.25, 0.3) is 5.91 Å². The maximum atomic E-state index is 13.3. The van der Waals surface area contributed by atoms with Gasteiger partial charge in [0.15, 0.2) is 5.13 Å². The number of aliphatic carboxylic acids is 1. The lowest BCUT2D eigenvalue weighted by Crippen LogP contribution is -2.36. The average Bonchev–Trinajstić information content (AvgIpc) is 3.08. The fourth-order valence-electron chi connectivity index (χ4n) is 3.20. The average molecular weight is 384 g/mol. The van der Waals surface area contributed by atoms with Crippen LogP contribution in [-0.2, 0) is 9.53 Å². The lowest BCUT2D eigenvalue weighted by molar-refractivity contribution is -0.136. The van der Waals surface area contributed by atoms with Crippen molar-refractivity contribution in [3.63, 3.8) is 0 Å². The molecule has 0 spiro atoms. The number of carbonyl (C=O) groups is 2. The number of hydrogen-bond acceptors (Lipinski definition) is 4. The Morgan fingerprint density at radius 2 is 2.20 bits per heavy atom. The molecule has 1 amide bonds. The van der Waals surface area contributed by atoms with Crippen molar-refractivity contribution in [2.24, 2.45) is 0 Å². The van der Waals surface area contributed by atoms with Crippen molar-refractivity contribution in [3.05, 3.63) is 55.9 Å². The molecule has 1 aliphatic heterocycles. The quantitative estimate of drug-likeness (QED) is 0.856. The number of rotatable bonds is 4. The van der Waals surface area contributed by atoms with Crippen LogP contribution in [0.4, 0.5) is 4.39 Å². The van der Waals surface area contributed by atoms with Gasteiger partial charge in [-0.05, 0) is 36.3 Å². The van der Waals surface area contributed by atoms with Gasteiger partial charge in [-0.25, -0.2) is 0 Å². The molecule has 1 aromatic rings. The van der Waals surface area contributed by atoms with Crippen LogP contribution in [0.2, 0.25) is 0 Å². The maximum Gasteiger partial charge on any atom is 0.307 e. The van der Waals surface area contributed by atoms with Gasteiger partial charge < -0.3 is 14.7 Å². The Balaban J connectivity index is 2.06. The van der Waals surface area contributed by atoms with Crippen LogP contribution >= 0.6 is 22.9 Å². The number of carbonyl (C=O) groups excluding carboxylic acids is 1. The van der Waals surface area contributed by atoms with Crippen molar-refractivity contribution in [1.29, 1.82) is 0 Å². The van der Waals surface area contributed by atoms with Crippen LogP contribution in [0.1, 0.15) is 29.4 Å². The zero-order chi connectivity index (χ0) is 18.3. The summed E-state index contributed by atoms with van der Waals surface area (Å²) in [6.45, 7) is 1.69. The topological polar surface area (TPSA) is 66.8 Å². The summed E-state index contributed by atoms with van der Waals surface area (Å²) in [4.78, 5) is 25.9. The summed E-state index contributed by atoms with van der Waals surface area (Å²) in [7, 11) is 1.48. The van der Waals surface area contributed by atoms with Crippen LogP contribution in [0.5, 0.6) is 0 Å². The van der Waals surface area contributed by atoms with Crippen LogP contribution in [0.3, 0.4) is 0 Å². The standard InChI is InChI=1S/C17H15ClFNO4S/c1-8-9(6-16(21)22)10-5-13(24-2)11(18)7-12(10)20(8)17(23)14-3-4-15(19)25-14/h3-5,12H,6-7H2,1-2H3,(H,21,22). The molecular formula is C17H15ClFNO4S. The van der Waals surface area contributed by atoms with Crippen molar-refractivity contribution < 1.29 is 23.8 Å². The number of fused-ring (bicyclic) bond motifs is 1. The fourth-order valence-corrected chi connectivity index (χ4v) is 4.14. The van der Waals surface area contributed by atoms with E-state index in [1.165, 1.54) is 24.1 Å². The van der Waals surface area contributed by atoms with Crippen LogP contribution in [0.15, 0.2) is 45.8 Å².